The van der Waals surface area contributed by atoms with E-state index in [2.05, 4.69) is 5.32 Å². The van der Waals surface area contributed by atoms with Crippen molar-refractivity contribution in [2.45, 2.75) is 13.3 Å². The lowest BCUT2D eigenvalue weighted by Crippen LogP contribution is -2.27. The van der Waals surface area contributed by atoms with E-state index in [9.17, 15) is 13.2 Å². The summed E-state index contributed by atoms with van der Waals surface area (Å²) >= 11 is 5.93. The van der Waals surface area contributed by atoms with E-state index in [1.807, 2.05) is 6.92 Å². The van der Waals surface area contributed by atoms with Crippen molar-refractivity contribution >= 4 is 27.5 Å². The number of sulfonamides is 1. The number of hydrogen-bond acceptors (Lipinski definition) is 3. The van der Waals surface area contributed by atoms with Crippen LogP contribution in [0, 0.1) is 6.92 Å². The Morgan fingerprint density at radius 1 is 1.44 bits per heavy atom. The van der Waals surface area contributed by atoms with Crippen LogP contribution >= 0.6 is 11.6 Å². The summed E-state index contributed by atoms with van der Waals surface area (Å²) in [5.41, 5.74) is 1.34. The molecule has 0 saturated heterocycles. The van der Waals surface area contributed by atoms with E-state index in [1.54, 1.807) is 18.2 Å². The fourth-order valence-electron chi connectivity index (χ4n) is 1.37. The molecule has 0 fully saturated rings. The molecule has 7 heteroatoms. The highest BCUT2D eigenvalue weighted by atomic mass is 35.5. The highest BCUT2D eigenvalue weighted by molar-refractivity contribution is 7.89. The molecule has 0 bridgehead atoms. The lowest BCUT2D eigenvalue weighted by molar-refractivity contribution is 0.0954. The molecule has 18 heavy (non-hydrogen) atoms. The quantitative estimate of drug-likeness (QED) is 0.795. The summed E-state index contributed by atoms with van der Waals surface area (Å²) in [7, 11) is -3.48. The maximum Gasteiger partial charge on any atom is 0.252 e. The monoisotopic (exact) mass is 290 g/mol. The minimum atomic E-state index is -3.48. The van der Waals surface area contributed by atoms with Crippen molar-refractivity contribution < 1.29 is 13.2 Å². The number of carbonyl (C=O) groups is 1. The number of hydrogen-bond donors (Lipinski definition) is 2. The number of nitrogens with one attached hydrogen (secondary N) is 1. The van der Waals surface area contributed by atoms with Crippen molar-refractivity contribution in [2.24, 2.45) is 5.14 Å². The van der Waals surface area contributed by atoms with Gasteiger partial charge in [0.2, 0.25) is 10.0 Å². The van der Waals surface area contributed by atoms with Crippen LogP contribution in [0.5, 0.6) is 0 Å². The Morgan fingerprint density at radius 3 is 2.67 bits per heavy atom. The molecule has 0 saturated carbocycles. The molecule has 1 amide bonds. The number of rotatable bonds is 5. The Labute approximate surface area is 111 Å². The summed E-state index contributed by atoms with van der Waals surface area (Å²) in [6, 6.07) is 5.11. The number of aryl methyl sites for hydroxylation is 1. The van der Waals surface area contributed by atoms with Gasteiger partial charge in [-0.2, -0.15) is 0 Å². The second-order valence-corrected chi connectivity index (χ2v) is 6.10. The molecule has 0 spiro atoms. The molecule has 0 aliphatic heterocycles. The summed E-state index contributed by atoms with van der Waals surface area (Å²) in [5, 5.41) is 7.81. The van der Waals surface area contributed by atoms with Crippen LogP contribution in [0.4, 0.5) is 0 Å². The topological polar surface area (TPSA) is 89.3 Å². The molecule has 0 atom stereocenters. The van der Waals surface area contributed by atoms with Crippen molar-refractivity contribution in [2.75, 3.05) is 12.3 Å². The first-order chi connectivity index (χ1) is 8.29. The van der Waals surface area contributed by atoms with E-state index in [-0.39, 0.29) is 24.6 Å². The number of nitrogens with two attached hydrogens (primary N) is 1. The van der Waals surface area contributed by atoms with Crippen molar-refractivity contribution in [1.29, 1.82) is 0 Å². The maximum atomic E-state index is 11.7. The third-order valence-electron chi connectivity index (χ3n) is 2.26. The lowest BCUT2D eigenvalue weighted by atomic mass is 10.1. The van der Waals surface area contributed by atoms with Crippen molar-refractivity contribution in [1.82, 2.24) is 5.32 Å². The van der Waals surface area contributed by atoms with Crippen LogP contribution in [0.3, 0.4) is 0 Å². The van der Waals surface area contributed by atoms with Gasteiger partial charge in [-0.1, -0.05) is 17.7 Å². The molecule has 3 N–H and O–H groups in total. The van der Waals surface area contributed by atoms with Gasteiger partial charge in [-0.3, -0.25) is 4.79 Å². The predicted molar refractivity (Wildman–Crippen MR) is 71.1 cm³/mol. The summed E-state index contributed by atoms with van der Waals surface area (Å²) in [6.07, 6.45) is 0.272. The van der Waals surface area contributed by atoms with Gasteiger partial charge >= 0.3 is 0 Å². The van der Waals surface area contributed by atoms with Gasteiger partial charge in [0.05, 0.1) is 16.3 Å². The molecular weight excluding hydrogens is 276 g/mol. The van der Waals surface area contributed by atoms with Gasteiger partial charge in [0.1, 0.15) is 0 Å². The largest absolute Gasteiger partial charge is 0.352 e. The molecule has 5 nitrogen and oxygen atoms in total. The van der Waals surface area contributed by atoms with E-state index in [0.717, 1.165) is 5.56 Å². The molecule has 0 aromatic heterocycles. The van der Waals surface area contributed by atoms with Gasteiger partial charge < -0.3 is 5.32 Å². The maximum absolute atomic E-state index is 11.7. The zero-order chi connectivity index (χ0) is 13.8. The van der Waals surface area contributed by atoms with Crippen LogP contribution in [-0.4, -0.2) is 26.6 Å². The Morgan fingerprint density at radius 2 is 2.11 bits per heavy atom. The average molecular weight is 291 g/mol. The van der Waals surface area contributed by atoms with Crippen LogP contribution in [0.15, 0.2) is 18.2 Å². The van der Waals surface area contributed by atoms with Gasteiger partial charge in [0.25, 0.3) is 5.91 Å². The fraction of sp³-hybridized carbons (Fsp3) is 0.364. The van der Waals surface area contributed by atoms with E-state index < -0.39 is 10.0 Å². The van der Waals surface area contributed by atoms with Crippen LogP contribution in [0.1, 0.15) is 22.3 Å². The first-order valence-corrected chi connectivity index (χ1v) is 7.44. The zero-order valence-electron chi connectivity index (χ0n) is 9.94. The van der Waals surface area contributed by atoms with E-state index in [4.69, 9.17) is 16.7 Å². The van der Waals surface area contributed by atoms with Gasteiger partial charge in [-0.05, 0) is 31.0 Å². The van der Waals surface area contributed by atoms with E-state index in [1.165, 1.54) is 0 Å². The van der Waals surface area contributed by atoms with Gasteiger partial charge in [-0.15, -0.1) is 0 Å². The molecule has 0 aliphatic carbocycles. The molecule has 0 unspecified atom stereocenters. The van der Waals surface area contributed by atoms with Gasteiger partial charge in [0.15, 0.2) is 0 Å². The van der Waals surface area contributed by atoms with Crippen LogP contribution < -0.4 is 10.5 Å². The predicted octanol–water partition coefficient (Wildman–Crippen LogP) is 1.06. The van der Waals surface area contributed by atoms with E-state index >= 15 is 0 Å². The highest BCUT2D eigenvalue weighted by Gasteiger charge is 2.10. The summed E-state index contributed by atoms with van der Waals surface area (Å²) in [5.74, 6) is -0.482. The third-order valence-corrected chi connectivity index (χ3v) is 3.43. The Kier molecular flexibility index (Phi) is 5.13. The van der Waals surface area contributed by atoms with Crippen molar-refractivity contribution in [3.63, 3.8) is 0 Å². The lowest BCUT2D eigenvalue weighted by Gasteiger charge is -2.06. The van der Waals surface area contributed by atoms with Crippen LogP contribution in [0.25, 0.3) is 0 Å². The summed E-state index contributed by atoms with van der Waals surface area (Å²) in [4.78, 5) is 11.7. The van der Waals surface area contributed by atoms with Crippen LogP contribution in [0.2, 0.25) is 5.02 Å². The first-order valence-electron chi connectivity index (χ1n) is 5.34. The third kappa shape index (κ3) is 5.03. The number of carbonyl (C=O) groups excluding carboxylic acids is 1. The van der Waals surface area contributed by atoms with Gasteiger partial charge in [0, 0.05) is 6.54 Å². The average Bonchev–Trinajstić information content (AvgIpc) is 2.22. The minimum absolute atomic E-state index is 0.158. The number of primary sulfonamides is 1. The Balaban J connectivity index is 2.51. The smallest absolute Gasteiger partial charge is 0.252 e. The van der Waals surface area contributed by atoms with Crippen molar-refractivity contribution in [3.05, 3.63) is 34.3 Å². The summed E-state index contributed by atoms with van der Waals surface area (Å²) in [6.45, 7) is 2.11. The standard InChI is InChI=1S/C11H15ClN2O3S/c1-8-3-4-9(10(12)7-8)11(15)14-5-2-6-18(13,16)17/h3-4,7H,2,5-6H2,1H3,(H,14,15)(H2,13,16,17). The highest BCUT2D eigenvalue weighted by Crippen LogP contribution is 2.17. The zero-order valence-corrected chi connectivity index (χ0v) is 11.5. The Bertz CT molecular complexity index is 543. The second-order valence-electron chi connectivity index (χ2n) is 3.96. The molecule has 0 aliphatic rings. The molecule has 1 rings (SSSR count). The molecule has 0 radical (unpaired) electrons. The van der Waals surface area contributed by atoms with Crippen LogP contribution in [-0.2, 0) is 10.0 Å². The van der Waals surface area contributed by atoms with Crippen molar-refractivity contribution in [3.8, 4) is 0 Å². The second kappa shape index (κ2) is 6.17. The summed E-state index contributed by atoms with van der Waals surface area (Å²) < 4.78 is 21.4. The molecule has 1 aromatic rings. The Hall–Kier alpha value is -1.11. The minimum Gasteiger partial charge on any atom is -0.352 e. The number of benzene rings is 1. The molecule has 100 valence electrons. The molecule has 1 aromatic carbocycles. The fourth-order valence-corrected chi connectivity index (χ4v) is 2.24. The molecular formula is C11H15ClN2O3S. The van der Waals surface area contributed by atoms with E-state index in [0.29, 0.717) is 10.6 Å². The number of halogens is 1. The molecule has 0 heterocycles. The first kappa shape index (κ1) is 14.9. The normalized spacial score (nSPS) is 11.3. The number of amides is 1. The SMILES string of the molecule is Cc1ccc(C(=O)NCCCS(N)(=O)=O)c(Cl)c1. The van der Waals surface area contributed by atoms with Gasteiger partial charge in [-0.25, -0.2) is 13.6 Å².